The van der Waals surface area contributed by atoms with Gasteiger partial charge in [0.05, 0.1) is 19.9 Å². The van der Waals surface area contributed by atoms with Gasteiger partial charge < -0.3 is 14.5 Å². The molecule has 2 aromatic carbocycles. The van der Waals surface area contributed by atoms with Gasteiger partial charge in [-0.3, -0.25) is 0 Å². The maximum Gasteiger partial charge on any atom is 0.161 e. The lowest BCUT2D eigenvalue weighted by atomic mass is 10.1. The highest BCUT2D eigenvalue weighted by molar-refractivity contribution is 5.68. The zero-order valence-corrected chi connectivity index (χ0v) is 12.9. The van der Waals surface area contributed by atoms with Crippen molar-refractivity contribution >= 4 is 0 Å². The number of ether oxygens (including phenoxy) is 2. The van der Waals surface area contributed by atoms with Crippen molar-refractivity contribution in [1.82, 2.24) is 9.97 Å². The normalized spacial score (nSPS) is 10.5. The molecule has 0 aliphatic carbocycles. The van der Waals surface area contributed by atoms with Crippen LogP contribution in [-0.2, 0) is 0 Å². The number of hydrogen-bond acceptors (Lipinski definition) is 3. The van der Waals surface area contributed by atoms with Gasteiger partial charge in [-0.25, -0.2) is 4.98 Å². The minimum atomic E-state index is 0.690. The van der Waals surface area contributed by atoms with Crippen LogP contribution in [0.15, 0.2) is 48.5 Å². The molecule has 1 heterocycles. The van der Waals surface area contributed by atoms with Crippen LogP contribution in [0.25, 0.3) is 22.6 Å². The number of benzene rings is 2. The van der Waals surface area contributed by atoms with E-state index in [0.717, 1.165) is 28.3 Å². The highest BCUT2D eigenvalue weighted by atomic mass is 16.5. The first-order valence-corrected chi connectivity index (χ1v) is 7.07. The Hall–Kier alpha value is -2.75. The summed E-state index contributed by atoms with van der Waals surface area (Å²) in [7, 11) is 3.26. The Bertz CT molecular complexity index is 779. The van der Waals surface area contributed by atoms with E-state index in [9.17, 15) is 0 Å². The largest absolute Gasteiger partial charge is 0.493 e. The lowest BCUT2D eigenvalue weighted by Gasteiger charge is -2.08. The number of nitrogens with zero attached hydrogens (tertiary/aromatic N) is 1. The van der Waals surface area contributed by atoms with Crippen LogP contribution in [0.4, 0.5) is 0 Å². The molecule has 4 nitrogen and oxygen atoms in total. The number of rotatable bonds is 4. The third kappa shape index (κ3) is 2.55. The number of aryl methyl sites for hydroxylation is 1. The molecule has 4 heteroatoms. The first-order valence-electron chi connectivity index (χ1n) is 7.07. The number of H-pyrrole nitrogens is 1. The second kappa shape index (κ2) is 5.93. The van der Waals surface area contributed by atoms with Crippen molar-refractivity contribution in [3.8, 4) is 34.1 Å². The fraction of sp³-hybridized carbons (Fsp3) is 0.167. The Morgan fingerprint density at radius 3 is 2.27 bits per heavy atom. The average Bonchev–Trinajstić information content (AvgIpc) is 2.97. The molecule has 112 valence electrons. The van der Waals surface area contributed by atoms with Crippen LogP contribution in [0.1, 0.15) is 5.69 Å². The summed E-state index contributed by atoms with van der Waals surface area (Å²) in [5, 5.41) is 0. The molecule has 0 spiro atoms. The van der Waals surface area contributed by atoms with E-state index in [4.69, 9.17) is 14.5 Å². The molecule has 3 aromatic rings. The first-order chi connectivity index (χ1) is 10.7. The third-order valence-corrected chi connectivity index (χ3v) is 3.59. The number of methoxy groups -OCH3 is 2. The molecule has 0 saturated carbocycles. The quantitative estimate of drug-likeness (QED) is 0.789. The minimum Gasteiger partial charge on any atom is -0.493 e. The summed E-state index contributed by atoms with van der Waals surface area (Å²) >= 11 is 0. The molecule has 1 N–H and O–H groups in total. The number of nitrogens with one attached hydrogen (secondary N) is 1. The molecule has 22 heavy (non-hydrogen) atoms. The number of imidazole rings is 1. The van der Waals surface area contributed by atoms with Crippen LogP contribution in [0, 0.1) is 6.92 Å². The van der Waals surface area contributed by atoms with Gasteiger partial charge in [0.1, 0.15) is 5.82 Å². The van der Waals surface area contributed by atoms with Crippen LogP contribution < -0.4 is 9.47 Å². The van der Waals surface area contributed by atoms with E-state index in [0.29, 0.717) is 11.5 Å². The Labute approximate surface area is 129 Å². The molecule has 0 bridgehead atoms. The van der Waals surface area contributed by atoms with E-state index in [-0.39, 0.29) is 0 Å². The van der Waals surface area contributed by atoms with E-state index in [1.807, 2.05) is 43.3 Å². The maximum absolute atomic E-state index is 5.35. The monoisotopic (exact) mass is 294 g/mol. The van der Waals surface area contributed by atoms with Crippen molar-refractivity contribution in [2.45, 2.75) is 6.92 Å². The second-order valence-electron chi connectivity index (χ2n) is 4.99. The van der Waals surface area contributed by atoms with E-state index in [1.54, 1.807) is 14.2 Å². The summed E-state index contributed by atoms with van der Waals surface area (Å²) in [6.45, 7) is 2.03. The van der Waals surface area contributed by atoms with Gasteiger partial charge in [-0.15, -0.1) is 0 Å². The van der Waals surface area contributed by atoms with Crippen LogP contribution in [0.3, 0.4) is 0 Å². The Balaban J connectivity index is 2.03. The Kier molecular flexibility index (Phi) is 3.83. The van der Waals surface area contributed by atoms with Crippen molar-refractivity contribution in [3.05, 3.63) is 54.2 Å². The molecular formula is C18H18N2O2. The third-order valence-electron chi connectivity index (χ3n) is 3.59. The molecule has 0 amide bonds. The van der Waals surface area contributed by atoms with Gasteiger partial charge in [0.2, 0.25) is 0 Å². The summed E-state index contributed by atoms with van der Waals surface area (Å²) in [5.74, 6) is 2.21. The van der Waals surface area contributed by atoms with Crippen molar-refractivity contribution in [3.63, 3.8) is 0 Å². The van der Waals surface area contributed by atoms with Crippen LogP contribution in [-0.4, -0.2) is 24.2 Å². The molecule has 0 atom stereocenters. The highest BCUT2D eigenvalue weighted by Gasteiger charge is 2.12. The summed E-state index contributed by atoms with van der Waals surface area (Å²) in [4.78, 5) is 8.07. The Morgan fingerprint density at radius 2 is 1.59 bits per heavy atom. The predicted octanol–water partition coefficient (Wildman–Crippen LogP) is 4.07. The fourth-order valence-corrected chi connectivity index (χ4v) is 2.46. The summed E-state index contributed by atoms with van der Waals surface area (Å²) in [6.07, 6.45) is 0. The number of hydrogen-bond donors (Lipinski definition) is 1. The van der Waals surface area contributed by atoms with E-state index in [1.165, 1.54) is 0 Å². The van der Waals surface area contributed by atoms with Gasteiger partial charge in [-0.05, 0) is 25.1 Å². The first kappa shape index (κ1) is 14.2. The topological polar surface area (TPSA) is 47.1 Å². The van der Waals surface area contributed by atoms with Gasteiger partial charge >= 0.3 is 0 Å². The van der Waals surface area contributed by atoms with Crippen molar-refractivity contribution < 1.29 is 9.47 Å². The lowest BCUT2D eigenvalue weighted by Crippen LogP contribution is -1.91. The molecule has 0 unspecified atom stereocenters. The average molecular weight is 294 g/mol. The molecule has 0 aliphatic heterocycles. The molecule has 1 aromatic heterocycles. The molecular weight excluding hydrogens is 276 g/mol. The van der Waals surface area contributed by atoms with Crippen molar-refractivity contribution in [1.29, 1.82) is 0 Å². The maximum atomic E-state index is 5.35. The molecule has 0 saturated heterocycles. The van der Waals surface area contributed by atoms with E-state index in [2.05, 4.69) is 17.1 Å². The predicted molar refractivity (Wildman–Crippen MR) is 87.3 cm³/mol. The molecule has 0 fully saturated rings. The minimum absolute atomic E-state index is 0.690. The highest BCUT2D eigenvalue weighted by Crippen LogP contribution is 2.32. The van der Waals surface area contributed by atoms with Crippen molar-refractivity contribution in [2.75, 3.05) is 14.2 Å². The molecule has 3 rings (SSSR count). The summed E-state index contributed by atoms with van der Waals surface area (Å²) < 4.78 is 10.6. The van der Waals surface area contributed by atoms with Gasteiger partial charge in [-0.1, -0.05) is 30.3 Å². The SMILES string of the molecule is COc1ccc(-c2nc(-c3ccccc3)c(C)[nH]2)cc1OC. The summed E-state index contributed by atoms with van der Waals surface area (Å²) in [6, 6.07) is 15.9. The Morgan fingerprint density at radius 1 is 0.864 bits per heavy atom. The number of aromatic amines is 1. The standard InChI is InChI=1S/C18H18N2O2/c1-12-17(13-7-5-4-6-8-13)20-18(19-12)14-9-10-15(21-2)16(11-14)22-3/h4-11H,1-3H3,(H,19,20). The van der Waals surface area contributed by atoms with E-state index >= 15 is 0 Å². The summed E-state index contributed by atoms with van der Waals surface area (Å²) in [5.41, 5.74) is 4.06. The van der Waals surface area contributed by atoms with Gasteiger partial charge in [0.25, 0.3) is 0 Å². The smallest absolute Gasteiger partial charge is 0.161 e. The second-order valence-corrected chi connectivity index (χ2v) is 4.99. The van der Waals surface area contributed by atoms with E-state index < -0.39 is 0 Å². The van der Waals surface area contributed by atoms with Crippen molar-refractivity contribution in [2.24, 2.45) is 0 Å². The van der Waals surface area contributed by atoms with Gasteiger partial charge in [0.15, 0.2) is 11.5 Å². The molecule has 0 radical (unpaired) electrons. The van der Waals surface area contributed by atoms with Crippen LogP contribution in [0.5, 0.6) is 11.5 Å². The molecule has 0 aliphatic rings. The fourth-order valence-electron chi connectivity index (χ4n) is 2.46. The van der Waals surface area contributed by atoms with Crippen LogP contribution in [0.2, 0.25) is 0 Å². The van der Waals surface area contributed by atoms with Gasteiger partial charge in [0, 0.05) is 16.8 Å². The van der Waals surface area contributed by atoms with Crippen LogP contribution >= 0.6 is 0 Å². The van der Waals surface area contributed by atoms with Gasteiger partial charge in [-0.2, -0.15) is 0 Å². The zero-order valence-electron chi connectivity index (χ0n) is 12.9. The number of aromatic nitrogens is 2. The zero-order chi connectivity index (χ0) is 15.5. The lowest BCUT2D eigenvalue weighted by molar-refractivity contribution is 0.355.